The van der Waals surface area contributed by atoms with Crippen LogP contribution >= 0.6 is 11.3 Å². The molecule has 1 aliphatic heterocycles. The van der Waals surface area contributed by atoms with Gasteiger partial charge in [0.1, 0.15) is 0 Å². The lowest BCUT2D eigenvalue weighted by Gasteiger charge is -2.25. The third kappa shape index (κ3) is 5.77. The Morgan fingerprint density at radius 2 is 1.57 bits per heavy atom. The number of rotatable bonds is 11. The lowest BCUT2D eigenvalue weighted by molar-refractivity contribution is -0.139. The Kier molecular flexibility index (Phi) is 9.31. The van der Waals surface area contributed by atoms with Crippen LogP contribution < -0.4 is 33.8 Å². The number of carbonyl (C=O) groups is 1. The number of hydrogen-bond acceptors (Lipinski definition) is 9. The van der Waals surface area contributed by atoms with Gasteiger partial charge in [0, 0.05) is 0 Å². The smallest absolute Gasteiger partial charge is 0.338 e. The van der Waals surface area contributed by atoms with E-state index in [0.29, 0.717) is 69.0 Å². The van der Waals surface area contributed by atoms with Gasteiger partial charge in [0.2, 0.25) is 0 Å². The maximum Gasteiger partial charge on any atom is 0.338 e. The van der Waals surface area contributed by atoms with E-state index in [0.717, 1.165) is 5.56 Å². The molecule has 1 aliphatic rings. The zero-order valence-electron chi connectivity index (χ0n) is 23.6. The zero-order valence-corrected chi connectivity index (χ0v) is 24.4. The van der Waals surface area contributed by atoms with Crippen LogP contribution in [0.5, 0.6) is 23.0 Å². The van der Waals surface area contributed by atoms with Crippen molar-refractivity contribution in [3.8, 4) is 23.0 Å². The molecule has 1 unspecified atom stereocenters. The minimum absolute atomic E-state index is 0.194. The van der Waals surface area contributed by atoms with E-state index >= 15 is 0 Å². The van der Waals surface area contributed by atoms with E-state index in [9.17, 15) is 9.59 Å². The van der Waals surface area contributed by atoms with Crippen molar-refractivity contribution < 1.29 is 28.5 Å². The first-order valence-electron chi connectivity index (χ1n) is 13.3. The van der Waals surface area contributed by atoms with Gasteiger partial charge in [0.15, 0.2) is 27.8 Å². The molecule has 0 saturated carbocycles. The van der Waals surface area contributed by atoms with E-state index in [4.69, 9.17) is 23.7 Å². The molecule has 0 amide bonds. The van der Waals surface area contributed by atoms with Gasteiger partial charge < -0.3 is 23.7 Å². The van der Waals surface area contributed by atoms with Crippen LogP contribution in [0.15, 0.2) is 57.5 Å². The van der Waals surface area contributed by atoms with Crippen LogP contribution in [0.25, 0.3) is 6.08 Å². The highest BCUT2D eigenvalue weighted by Gasteiger charge is 2.34. The Morgan fingerprint density at radius 1 is 0.925 bits per heavy atom. The van der Waals surface area contributed by atoms with Crippen molar-refractivity contribution in [3.05, 3.63) is 78.5 Å². The molecule has 2 aromatic carbocycles. The summed E-state index contributed by atoms with van der Waals surface area (Å²) in [5.41, 5.74) is 1.97. The van der Waals surface area contributed by atoms with Gasteiger partial charge in [-0.15, -0.1) is 0 Å². The molecule has 40 heavy (non-hydrogen) atoms. The van der Waals surface area contributed by atoms with Crippen molar-refractivity contribution in [3.63, 3.8) is 0 Å². The maximum atomic E-state index is 13.9. The summed E-state index contributed by atoms with van der Waals surface area (Å²) in [6, 6.07) is 10.2. The Hall–Kier alpha value is -4.05. The quantitative estimate of drug-likeness (QED) is 0.324. The first kappa shape index (κ1) is 28.9. The first-order chi connectivity index (χ1) is 19.4. The average Bonchev–Trinajstić information content (AvgIpc) is 3.23. The van der Waals surface area contributed by atoms with Crippen LogP contribution in [0, 0.1) is 0 Å². The second kappa shape index (κ2) is 12.9. The van der Waals surface area contributed by atoms with E-state index in [1.165, 1.54) is 11.3 Å². The standard InChI is InChI=1S/C30H34N2O7S/c1-7-36-22-14-12-20(17-24(22)38-9-3)27-26(29(34)39-10-4)18(5)31-30-32(27)28(33)25(40-30)16-19-11-13-21(35-6)23(15-19)37-8-2/h11-17,27H,7-10H2,1-6H3. The maximum absolute atomic E-state index is 13.9. The predicted molar refractivity (Wildman–Crippen MR) is 153 cm³/mol. The molecule has 0 saturated heterocycles. The monoisotopic (exact) mass is 566 g/mol. The van der Waals surface area contributed by atoms with Gasteiger partial charge in [-0.25, -0.2) is 9.79 Å². The van der Waals surface area contributed by atoms with Crippen LogP contribution in [0.2, 0.25) is 0 Å². The minimum Gasteiger partial charge on any atom is -0.493 e. The van der Waals surface area contributed by atoms with E-state index in [1.807, 2.05) is 45.0 Å². The van der Waals surface area contributed by atoms with Crippen LogP contribution in [-0.4, -0.2) is 44.1 Å². The first-order valence-corrected chi connectivity index (χ1v) is 14.1. The van der Waals surface area contributed by atoms with Gasteiger partial charge in [-0.2, -0.15) is 0 Å². The Morgan fingerprint density at radius 3 is 2.23 bits per heavy atom. The summed E-state index contributed by atoms with van der Waals surface area (Å²) < 4.78 is 30.1. The van der Waals surface area contributed by atoms with Gasteiger partial charge in [0.25, 0.3) is 5.56 Å². The average molecular weight is 567 g/mol. The lowest BCUT2D eigenvalue weighted by Crippen LogP contribution is -2.40. The van der Waals surface area contributed by atoms with Crippen LogP contribution in [-0.2, 0) is 9.53 Å². The molecule has 0 aliphatic carbocycles. The topological polar surface area (TPSA) is 97.6 Å². The minimum atomic E-state index is -0.762. The summed E-state index contributed by atoms with van der Waals surface area (Å²) in [4.78, 5) is 32.3. The third-order valence-electron chi connectivity index (χ3n) is 6.19. The molecule has 212 valence electrons. The summed E-state index contributed by atoms with van der Waals surface area (Å²) in [6.07, 6.45) is 1.79. The summed E-state index contributed by atoms with van der Waals surface area (Å²) in [5.74, 6) is 1.79. The number of aromatic nitrogens is 1. The molecule has 0 bridgehead atoms. The van der Waals surface area contributed by atoms with Crippen molar-refractivity contribution in [1.82, 2.24) is 4.57 Å². The van der Waals surface area contributed by atoms with Crippen molar-refractivity contribution in [1.29, 1.82) is 0 Å². The Balaban J connectivity index is 1.92. The van der Waals surface area contributed by atoms with Crippen molar-refractivity contribution in [2.75, 3.05) is 33.5 Å². The summed E-state index contributed by atoms with van der Waals surface area (Å²) >= 11 is 1.25. The molecule has 0 radical (unpaired) electrons. The van der Waals surface area contributed by atoms with Crippen molar-refractivity contribution >= 4 is 23.4 Å². The fraction of sp³-hybridized carbons (Fsp3) is 0.367. The number of nitrogens with zero attached hydrogens (tertiary/aromatic N) is 2. The molecule has 2 heterocycles. The highest BCUT2D eigenvalue weighted by Crippen LogP contribution is 2.36. The van der Waals surface area contributed by atoms with Gasteiger partial charge in [-0.1, -0.05) is 23.5 Å². The Labute approximate surface area is 236 Å². The fourth-order valence-electron chi connectivity index (χ4n) is 4.55. The predicted octanol–water partition coefficient (Wildman–Crippen LogP) is 4.00. The molecule has 0 N–H and O–H groups in total. The van der Waals surface area contributed by atoms with Gasteiger partial charge in [-0.3, -0.25) is 9.36 Å². The second-order valence-corrected chi connectivity index (χ2v) is 9.73. The van der Waals surface area contributed by atoms with Crippen LogP contribution in [0.3, 0.4) is 0 Å². The van der Waals surface area contributed by atoms with Crippen molar-refractivity contribution in [2.45, 2.75) is 40.7 Å². The zero-order chi connectivity index (χ0) is 28.8. The van der Waals surface area contributed by atoms with Gasteiger partial charge in [0.05, 0.1) is 55.4 Å². The number of esters is 1. The lowest BCUT2D eigenvalue weighted by atomic mass is 9.95. The molecule has 9 nitrogen and oxygen atoms in total. The van der Waals surface area contributed by atoms with E-state index in [1.54, 1.807) is 43.7 Å². The molecule has 0 fully saturated rings. The number of benzene rings is 2. The number of hydrogen-bond donors (Lipinski definition) is 0. The highest BCUT2D eigenvalue weighted by molar-refractivity contribution is 7.07. The molecule has 0 spiro atoms. The molecule has 3 aromatic rings. The summed E-state index contributed by atoms with van der Waals surface area (Å²) in [6.45, 7) is 10.7. The van der Waals surface area contributed by atoms with Crippen LogP contribution in [0.4, 0.5) is 0 Å². The van der Waals surface area contributed by atoms with Gasteiger partial charge in [-0.05, 0) is 76.1 Å². The molecule has 1 atom stereocenters. The number of allylic oxidation sites excluding steroid dienone is 1. The third-order valence-corrected chi connectivity index (χ3v) is 7.17. The second-order valence-electron chi connectivity index (χ2n) is 8.72. The van der Waals surface area contributed by atoms with Crippen LogP contribution in [0.1, 0.15) is 51.8 Å². The molecule has 4 rings (SSSR count). The molecular weight excluding hydrogens is 532 g/mol. The highest BCUT2D eigenvalue weighted by atomic mass is 32.1. The van der Waals surface area contributed by atoms with Crippen molar-refractivity contribution in [2.24, 2.45) is 4.99 Å². The Bertz CT molecular complexity index is 1600. The number of thiazole rings is 1. The fourth-order valence-corrected chi connectivity index (χ4v) is 5.59. The largest absolute Gasteiger partial charge is 0.493 e. The summed E-state index contributed by atoms with van der Waals surface area (Å²) in [5, 5.41) is 0. The van der Waals surface area contributed by atoms with E-state index in [-0.39, 0.29) is 12.2 Å². The molecule has 10 heteroatoms. The SMILES string of the molecule is CCOC(=O)C1=C(C)N=c2sc(=Cc3ccc(OC)c(OCC)c3)c(=O)n2C1c1ccc(OCC)c(OCC)c1. The molecule has 1 aromatic heterocycles. The molecular formula is C30H34N2O7S. The summed E-state index contributed by atoms with van der Waals surface area (Å²) in [7, 11) is 1.58. The number of ether oxygens (including phenoxy) is 5. The normalized spacial score (nSPS) is 14.8. The number of fused-ring (bicyclic) bond motifs is 1. The number of methoxy groups -OCH3 is 1. The van der Waals surface area contributed by atoms with E-state index < -0.39 is 12.0 Å². The van der Waals surface area contributed by atoms with Gasteiger partial charge >= 0.3 is 5.97 Å². The van der Waals surface area contributed by atoms with E-state index in [2.05, 4.69) is 4.99 Å². The number of carbonyl (C=O) groups excluding carboxylic acids is 1.